The molecule has 20 heavy (non-hydrogen) atoms. The Labute approximate surface area is 120 Å². The van der Waals surface area contributed by atoms with E-state index in [9.17, 15) is 0 Å². The van der Waals surface area contributed by atoms with Gasteiger partial charge >= 0.3 is 0 Å². The normalized spacial score (nSPS) is 29.5. The van der Waals surface area contributed by atoms with Gasteiger partial charge in [0.2, 0.25) is 0 Å². The maximum Gasteiger partial charge on any atom is 0.0779 e. The van der Waals surface area contributed by atoms with Gasteiger partial charge in [-0.05, 0) is 43.7 Å². The van der Waals surface area contributed by atoms with Gasteiger partial charge in [0.15, 0.2) is 0 Å². The third kappa shape index (κ3) is 2.42. The van der Waals surface area contributed by atoms with Crippen LogP contribution in [0.25, 0.3) is 0 Å². The first kappa shape index (κ1) is 12.6. The van der Waals surface area contributed by atoms with E-state index in [2.05, 4.69) is 21.3 Å². The lowest BCUT2D eigenvalue weighted by molar-refractivity contribution is 0.0255. The van der Waals surface area contributed by atoms with Crippen molar-refractivity contribution in [3.8, 4) is 0 Å². The number of nitrogens with zero attached hydrogens (tertiary/aromatic N) is 2. The lowest BCUT2D eigenvalue weighted by Crippen LogP contribution is -2.49. The minimum absolute atomic E-state index is 0.438. The highest BCUT2D eigenvalue weighted by Crippen LogP contribution is 2.34. The second-order valence-corrected chi connectivity index (χ2v) is 6.26. The maximum atomic E-state index is 5.92. The molecule has 0 radical (unpaired) electrons. The van der Waals surface area contributed by atoms with Gasteiger partial charge in [-0.2, -0.15) is 0 Å². The summed E-state index contributed by atoms with van der Waals surface area (Å²) in [7, 11) is 0. The maximum absolute atomic E-state index is 5.92. The van der Waals surface area contributed by atoms with Crippen LogP contribution in [0.5, 0.6) is 0 Å². The van der Waals surface area contributed by atoms with Crippen LogP contribution < -0.4 is 10.2 Å². The van der Waals surface area contributed by atoms with E-state index in [1.54, 1.807) is 0 Å². The van der Waals surface area contributed by atoms with E-state index in [0.29, 0.717) is 12.1 Å². The van der Waals surface area contributed by atoms with Crippen molar-refractivity contribution in [2.24, 2.45) is 0 Å². The number of hydrogen-bond donors (Lipinski definition) is 1. The average molecular weight is 273 g/mol. The summed E-state index contributed by atoms with van der Waals surface area (Å²) < 4.78 is 5.92. The molecular weight excluding hydrogens is 250 g/mol. The van der Waals surface area contributed by atoms with E-state index in [-0.39, 0.29) is 0 Å². The number of rotatable bonds is 4. The predicted octanol–water partition coefficient (Wildman–Crippen LogP) is 2.09. The molecule has 2 heterocycles. The lowest BCUT2D eigenvalue weighted by Gasteiger charge is -2.40. The van der Waals surface area contributed by atoms with Gasteiger partial charge in [-0.25, -0.2) is 0 Å². The fourth-order valence-electron chi connectivity index (χ4n) is 3.59. The summed E-state index contributed by atoms with van der Waals surface area (Å²) in [5, 5.41) is 3.63. The van der Waals surface area contributed by atoms with Gasteiger partial charge in [0.1, 0.15) is 0 Å². The number of anilines is 1. The van der Waals surface area contributed by atoms with Crippen LogP contribution in [0, 0.1) is 0 Å². The van der Waals surface area contributed by atoms with Crippen LogP contribution in [0.4, 0.5) is 5.69 Å². The van der Waals surface area contributed by atoms with Crippen molar-refractivity contribution >= 4 is 5.69 Å². The highest BCUT2D eigenvalue weighted by Gasteiger charge is 2.36. The first-order valence-electron chi connectivity index (χ1n) is 7.96. The van der Waals surface area contributed by atoms with E-state index in [0.717, 1.165) is 25.7 Å². The zero-order chi connectivity index (χ0) is 13.4. The van der Waals surface area contributed by atoms with Crippen molar-refractivity contribution < 1.29 is 4.74 Å². The van der Waals surface area contributed by atoms with Crippen molar-refractivity contribution in [3.63, 3.8) is 0 Å². The van der Waals surface area contributed by atoms with Gasteiger partial charge in [0.25, 0.3) is 0 Å². The fourth-order valence-corrected chi connectivity index (χ4v) is 3.59. The largest absolute Gasteiger partial charge is 0.374 e. The van der Waals surface area contributed by atoms with E-state index in [1.165, 1.54) is 43.4 Å². The van der Waals surface area contributed by atoms with Crippen LogP contribution in [-0.2, 0) is 11.3 Å². The molecule has 1 aromatic rings. The van der Waals surface area contributed by atoms with Crippen LogP contribution >= 0.6 is 0 Å². The Bertz CT molecular complexity index is 475. The summed E-state index contributed by atoms with van der Waals surface area (Å²) >= 11 is 0. The molecule has 4 rings (SSSR count). The zero-order valence-corrected chi connectivity index (χ0v) is 11.9. The Morgan fingerprint density at radius 2 is 2.25 bits per heavy atom. The molecule has 1 N–H and O–H groups in total. The van der Waals surface area contributed by atoms with E-state index in [1.807, 2.05) is 12.4 Å². The van der Waals surface area contributed by atoms with Crippen molar-refractivity contribution in [1.82, 2.24) is 10.3 Å². The summed E-state index contributed by atoms with van der Waals surface area (Å²) in [5.41, 5.74) is 2.71. The summed E-state index contributed by atoms with van der Waals surface area (Å²) in [6.07, 6.45) is 10.8. The van der Waals surface area contributed by atoms with Gasteiger partial charge in [0.05, 0.1) is 30.6 Å². The van der Waals surface area contributed by atoms with E-state index in [4.69, 9.17) is 4.74 Å². The molecule has 1 aliphatic heterocycles. The summed E-state index contributed by atoms with van der Waals surface area (Å²) in [6.45, 7) is 2.83. The monoisotopic (exact) mass is 273 g/mol. The van der Waals surface area contributed by atoms with E-state index < -0.39 is 0 Å². The smallest absolute Gasteiger partial charge is 0.0779 e. The van der Waals surface area contributed by atoms with Crippen LogP contribution in [0.2, 0.25) is 0 Å². The highest BCUT2D eigenvalue weighted by atomic mass is 16.5. The minimum Gasteiger partial charge on any atom is -0.374 e. The zero-order valence-electron chi connectivity index (χ0n) is 11.9. The molecule has 3 aliphatic rings. The standard InChI is InChI=1S/C16H23N3O/c1-2-14-16(3-1)20-9-8-19(14)15-11-17-7-6-12(15)10-18-13-4-5-13/h6-7,11,13-14,16,18H,1-5,8-10H2. The minimum atomic E-state index is 0.438. The first-order valence-corrected chi connectivity index (χ1v) is 7.96. The number of nitrogens with one attached hydrogen (secondary N) is 1. The van der Waals surface area contributed by atoms with Crippen LogP contribution in [0.3, 0.4) is 0 Å². The second-order valence-electron chi connectivity index (χ2n) is 6.26. The van der Waals surface area contributed by atoms with Crippen LogP contribution in [0.1, 0.15) is 37.7 Å². The van der Waals surface area contributed by atoms with Gasteiger partial charge in [0, 0.05) is 25.3 Å². The molecule has 0 bridgehead atoms. The molecular formula is C16H23N3O. The SMILES string of the molecule is c1cc(CNC2CC2)c(N2CCOC3CCCC32)cn1. The Morgan fingerprint density at radius 1 is 1.30 bits per heavy atom. The molecule has 0 aromatic carbocycles. The average Bonchev–Trinajstić information content (AvgIpc) is 3.20. The second kappa shape index (κ2) is 5.34. The molecule has 2 aliphatic carbocycles. The predicted molar refractivity (Wildman–Crippen MR) is 78.8 cm³/mol. The van der Waals surface area contributed by atoms with E-state index >= 15 is 0 Å². The van der Waals surface area contributed by atoms with Crippen LogP contribution in [-0.4, -0.2) is 36.3 Å². The van der Waals surface area contributed by atoms with Gasteiger partial charge < -0.3 is 15.0 Å². The van der Waals surface area contributed by atoms with Crippen LogP contribution in [0.15, 0.2) is 18.5 Å². The number of fused-ring (bicyclic) bond motifs is 1. The number of hydrogen-bond acceptors (Lipinski definition) is 4. The molecule has 2 saturated carbocycles. The molecule has 0 spiro atoms. The van der Waals surface area contributed by atoms with Crippen molar-refractivity contribution in [2.75, 3.05) is 18.1 Å². The molecule has 2 atom stereocenters. The Hall–Kier alpha value is -1.13. The van der Waals surface area contributed by atoms with Gasteiger partial charge in [-0.15, -0.1) is 0 Å². The Kier molecular flexibility index (Phi) is 3.36. The quantitative estimate of drug-likeness (QED) is 0.911. The first-order chi connectivity index (χ1) is 9.92. The number of pyridine rings is 1. The fraction of sp³-hybridized carbons (Fsp3) is 0.688. The summed E-state index contributed by atoms with van der Waals surface area (Å²) in [4.78, 5) is 6.92. The van der Waals surface area contributed by atoms with Gasteiger partial charge in [-0.3, -0.25) is 4.98 Å². The molecule has 108 valence electrons. The van der Waals surface area contributed by atoms with Crippen molar-refractivity contribution in [1.29, 1.82) is 0 Å². The molecule has 2 unspecified atom stereocenters. The third-order valence-corrected chi connectivity index (χ3v) is 4.84. The highest BCUT2D eigenvalue weighted by molar-refractivity contribution is 5.53. The van der Waals surface area contributed by atoms with Crippen molar-refractivity contribution in [3.05, 3.63) is 24.0 Å². The molecule has 3 fully saturated rings. The number of morpholine rings is 1. The summed E-state index contributed by atoms with van der Waals surface area (Å²) in [6, 6.07) is 3.48. The topological polar surface area (TPSA) is 37.4 Å². The summed E-state index contributed by atoms with van der Waals surface area (Å²) in [5.74, 6) is 0. The molecule has 4 nitrogen and oxygen atoms in total. The molecule has 1 aromatic heterocycles. The Balaban J connectivity index is 1.56. The lowest BCUT2D eigenvalue weighted by atomic mass is 10.1. The number of aromatic nitrogens is 1. The van der Waals surface area contributed by atoms with Gasteiger partial charge in [-0.1, -0.05) is 0 Å². The Morgan fingerprint density at radius 3 is 3.15 bits per heavy atom. The molecule has 0 amide bonds. The number of ether oxygens (including phenoxy) is 1. The van der Waals surface area contributed by atoms with Crippen molar-refractivity contribution in [2.45, 2.75) is 56.8 Å². The third-order valence-electron chi connectivity index (χ3n) is 4.84. The molecule has 4 heteroatoms. The molecule has 1 saturated heterocycles.